The Morgan fingerprint density at radius 3 is 2.62 bits per heavy atom. The Hall–Kier alpha value is -2.60. The number of carbonyl (C=O) groups is 1. The summed E-state index contributed by atoms with van der Waals surface area (Å²) in [6.07, 6.45) is 5.69. The molecule has 134 valence electrons. The number of furan rings is 1. The smallest absolute Gasteiger partial charge is 0.290 e. The zero-order valence-corrected chi connectivity index (χ0v) is 14.9. The molecule has 0 radical (unpaired) electrons. The van der Waals surface area contributed by atoms with Crippen molar-refractivity contribution in [3.63, 3.8) is 0 Å². The van der Waals surface area contributed by atoms with Crippen LogP contribution in [0.1, 0.15) is 42.1 Å². The van der Waals surface area contributed by atoms with Crippen molar-refractivity contribution in [1.29, 1.82) is 0 Å². The number of rotatable bonds is 5. The summed E-state index contributed by atoms with van der Waals surface area (Å²) in [5.41, 5.74) is 0.790. The van der Waals surface area contributed by atoms with Gasteiger partial charge >= 0.3 is 0 Å². The molecule has 0 unspecified atom stereocenters. The summed E-state index contributed by atoms with van der Waals surface area (Å²) >= 11 is 5.91. The Labute approximate surface area is 155 Å². The summed E-state index contributed by atoms with van der Waals surface area (Å²) < 4.78 is 11.1. The van der Waals surface area contributed by atoms with Crippen LogP contribution in [0.15, 0.2) is 51.5 Å². The maximum atomic E-state index is 12.8. The largest absolute Gasteiger partial charge is 0.459 e. The number of hydrogen-bond acceptors (Lipinski definition) is 5. The van der Waals surface area contributed by atoms with E-state index < -0.39 is 0 Å². The van der Waals surface area contributed by atoms with E-state index in [1.807, 2.05) is 12.1 Å². The zero-order chi connectivity index (χ0) is 17.9. The van der Waals surface area contributed by atoms with Crippen LogP contribution < -0.4 is 0 Å². The summed E-state index contributed by atoms with van der Waals surface area (Å²) in [6.45, 7) is 0.269. The first-order valence-electron chi connectivity index (χ1n) is 8.63. The van der Waals surface area contributed by atoms with Gasteiger partial charge < -0.3 is 13.7 Å². The predicted molar refractivity (Wildman–Crippen MR) is 95.6 cm³/mol. The van der Waals surface area contributed by atoms with Crippen molar-refractivity contribution in [1.82, 2.24) is 15.1 Å². The van der Waals surface area contributed by atoms with Gasteiger partial charge in [-0.15, -0.1) is 10.2 Å². The molecule has 26 heavy (non-hydrogen) atoms. The molecule has 3 aromatic rings. The van der Waals surface area contributed by atoms with Gasteiger partial charge in [-0.25, -0.2) is 0 Å². The lowest BCUT2D eigenvalue weighted by Crippen LogP contribution is -2.38. The Morgan fingerprint density at radius 1 is 1.15 bits per heavy atom. The lowest BCUT2D eigenvalue weighted by Gasteiger charge is -2.26. The average Bonchev–Trinajstić information content (AvgIpc) is 3.42. The van der Waals surface area contributed by atoms with Gasteiger partial charge in [-0.1, -0.05) is 24.4 Å². The minimum Gasteiger partial charge on any atom is -0.459 e. The minimum absolute atomic E-state index is 0.145. The minimum atomic E-state index is -0.145. The Bertz CT molecular complexity index is 868. The van der Waals surface area contributed by atoms with Crippen LogP contribution >= 0.6 is 11.6 Å². The average molecular weight is 372 g/mol. The van der Waals surface area contributed by atoms with Crippen LogP contribution in [0.25, 0.3) is 11.5 Å². The quantitative estimate of drug-likeness (QED) is 0.657. The van der Waals surface area contributed by atoms with Crippen molar-refractivity contribution in [2.45, 2.75) is 38.3 Å². The number of benzene rings is 1. The first-order chi connectivity index (χ1) is 12.7. The summed E-state index contributed by atoms with van der Waals surface area (Å²) in [7, 11) is 0. The number of halogens is 1. The first-order valence-corrected chi connectivity index (χ1v) is 9.01. The molecule has 2 aromatic heterocycles. The van der Waals surface area contributed by atoms with Crippen molar-refractivity contribution in [2.24, 2.45) is 0 Å². The highest BCUT2D eigenvalue weighted by Crippen LogP contribution is 2.27. The van der Waals surface area contributed by atoms with E-state index in [-0.39, 0.29) is 18.5 Å². The molecule has 1 fully saturated rings. The molecule has 6 nitrogen and oxygen atoms in total. The third-order valence-electron chi connectivity index (χ3n) is 4.62. The standard InChI is InChI=1S/C19H18ClN3O3/c20-14-9-7-13(8-10-14)18-22-21-17(26-18)12-23(15-4-1-2-5-15)19(24)16-6-3-11-25-16/h3,6-11,15H,1-2,4-5,12H2. The highest BCUT2D eigenvalue weighted by Gasteiger charge is 2.30. The van der Waals surface area contributed by atoms with Crippen molar-refractivity contribution in [3.8, 4) is 11.5 Å². The maximum Gasteiger partial charge on any atom is 0.290 e. The van der Waals surface area contributed by atoms with Gasteiger partial charge in [-0.05, 0) is 49.2 Å². The number of carbonyl (C=O) groups excluding carboxylic acids is 1. The first kappa shape index (κ1) is 16.8. The molecule has 1 aliphatic rings. The monoisotopic (exact) mass is 371 g/mol. The van der Waals surface area contributed by atoms with Gasteiger partial charge in [0.25, 0.3) is 5.91 Å². The second-order valence-corrected chi connectivity index (χ2v) is 6.79. The van der Waals surface area contributed by atoms with E-state index >= 15 is 0 Å². The van der Waals surface area contributed by atoms with Crippen LogP contribution in [0.3, 0.4) is 0 Å². The fraction of sp³-hybridized carbons (Fsp3) is 0.316. The van der Waals surface area contributed by atoms with Crippen LogP contribution in [0.4, 0.5) is 0 Å². The SMILES string of the molecule is O=C(c1ccco1)N(Cc1nnc(-c2ccc(Cl)cc2)o1)C1CCCC1. The molecule has 2 heterocycles. The molecule has 0 N–H and O–H groups in total. The van der Waals surface area contributed by atoms with Gasteiger partial charge in [-0.2, -0.15) is 0 Å². The van der Waals surface area contributed by atoms with Gasteiger partial charge in [0.05, 0.1) is 12.8 Å². The molecule has 1 amide bonds. The molecule has 0 saturated heterocycles. The second-order valence-electron chi connectivity index (χ2n) is 6.36. The van der Waals surface area contributed by atoms with Gasteiger partial charge in [0.2, 0.25) is 11.8 Å². The van der Waals surface area contributed by atoms with E-state index in [1.165, 1.54) is 6.26 Å². The van der Waals surface area contributed by atoms with Crippen LogP contribution in [-0.4, -0.2) is 27.0 Å². The van der Waals surface area contributed by atoms with E-state index in [1.54, 1.807) is 29.2 Å². The summed E-state index contributed by atoms with van der Waals surface area (Å²) in [4.78, 5) is 14.6. The molecule has 0 atom stereocenters. The fourth-order valence-corrected chi connectivity index (χ4v) is 3.42. The number of hydrogen-bond donors (Lipinski definition) is 0. The molecular formula is C19H18ClN3O3. The summed E-state index contributed by atoms with van der Waals surface area (Å²) in [6, 6.07) is 10.7. The van der Waals surface area contributed by atoms with Crippen LogP contribution in [0, 0.1) is 0 Å². The highest BCUT2D eigenvalue weighted by molar-refractivity contribution is 6.30. The van der Waals surface area contributed by atoms with Gasteiger partial charge in [0.15, 0.2) is 5.76 Å². The van der Waals surface area contributed by atoms with E-state index in [0.29, 0.717) is 22.6 Å². The highest BCUT2D eigenvalue weighted by atomic mass is 35.5. The number of nitrogens with zero attached hydrogens (tertiary/aromatic N) is 3. The van der Waals surface area contributed by atoms with Crippen LogP contribution in [0.5, 0.6) is 0 Å². The van der Waals surface area contributed by atoms with Gasteiger partial charge in [0.1, 0.15) is 0 Å². The van der Waals surface area contributed by atoms with Crippen LogP contribution in [-0.2, 0) is 6.54 Å². The Morgan fingerprint density at radius 2 is 1.92 bits per heavy atom. The Balaban J connectivity index is 1.56. The topological polar surface area (TPSA) is 72.4 Å². The van der Waals surface area contributed by atoms with E-state index in [2.05, 4.69) is 10.2 Å². The third kappa shape index (κ3) is 3.51. The lowest BCUT2D eigenvalue weighted by atomic mass is 10.2. The normalized spacial score (nSPS) is 14.7. The molecule has 0 bridgehead atoms. The van der Waals surface area contributed by atoms with Crippen LogP contribution in [0.2, 0.25) is 5.02 Å². The molecule has 1 aromatic carbocycles. The van der Waals surface area contributed by atoms with Gasteiger partial charge in [-0.3, -0.25) is 4.79 Å². The lowest BCUT2D eigenvalue weighted by molar-refractivity contribution is 0.0612. The summed E-state index contributed by atoms with van der Waals surface area (Å²) in [5, 5.41) is 8.86. The molecule has 4 rings (SSSR count). The zero-order valence-electron chi connectivity index (χ0n) is 14.1. The van der Waals surface area contributed by atoms with E-state index in [9.17, 15) is 4.79 Å². The van der Waals surface area contributed by atoms with Crippen molar-refractivity contribution >= 4 is 17.5 Å². The molecule has 1 aliphatic carbocycles. The molecule has 1 saturated carbocycles. The number of amides is 1. The van der Waals surface area contributed by atoms with E-state index in [0.717, 1.165) is 31.2 Å². The molecule has 0 aliphatic heterocycles. The predicted octanol–water partition coefficient (Wildman–Crippen LogP) is 4.57. The van der Waals surface area contributed by atoms with Gasteiger partial charge in [0, 0.05) is 16.6 Å². The number of aromatic nitrogens is 2. The van der Waals surface area contributed by atoms with E-state index in [4.69, 9.17) is 20.4 Å². The summed E-state index contributed by atoms with van der Waals surface area (Å²) in [5.74, 6) is 0.998. The molecular weight excluding hydrogens is 354 g/mol. The van der Waals surface area contributed by atoms with Crippen molar-refractivity contribution < 1.29 is 13.6 Å². The van der Waals surface area contributed by atoms with Crippen molar-refractivity contribution in [2.75, 3.05) is 0 Å². The maximum absolute atomic E-state index is 12.8. The molecule has 7 heteroatoms. The second kappa shape index (κ2) is 7.33. The third-order valence-corrected chi connectivity index (χ3v) is 4.87. The molecule has 0 spiro atoms. The fourth-order valence-electron chi connectivity index (χ4n) is 3.30. The van der Waals surface area contributed by atoms with Crippen molar-refractivity contribution in [3.05, 3.63) is 59.3 Å². The Kier molecular flexibility index (Phi) is 4.75.